The second-order valence-corrected chi connectivity index (χ2v) is 5.21. The third-order valence-corrected chi connectivity index (χ3v) is 3.33. The molecule has 0 unspecified atom stereocenters. The minimum atomic E-state index is 0.464. The highest BCUT2D eigenvalue weighted by atomic mass is 15.1. The first-order chi connectivity index (χ1) is 9.52. The number of aromatic nitrogens is 2. The number of aryl methyl sites for hydroxylation is 1. The van der Waals surface area contributed by atoms with Gasteiger partial charge in [0.05, 0.1) is 0 Å². The highest BCUT2D eigenvalue weighted by Crippen LogP contribution is 2.28. The number of nitrogens with one attached hydrogen (secondary N) is 2. The molecule has 0 saturated heterocycles. The van der Waals surface area contributed by atoms with E-state index in [0.29, 0.717) is 5.92 Å². The van der Waals surface area contributed by atoms with E-state index in [1.807, 2.05) is 27.0 Å². The molecular weight excluding hydrogens is 248 g/mol. The van der Waals surface area contributed by atoms with Crippen LogP contribution in [0.3, 0.4) is 0 Å². The van der Waals surface area contributed by atoms with E-state index in [2.05, 4.69) is 52.6 Å². The first kappa shape index (κ1) is 14.3. The fourth-order valence-electron chi connectivity index (χ4n) is 2.24. The molecule has 0 aliphatic heterocycles. The summed E-state index contributed by atoms with van der Waals surface area (Å²) in [6.07, 6.45) is 0. The zero-order valence-corrected chi connectivity index (χ0v) is 12.8. The summed E-state index contributed by atoms with van der Waals surface area (Å²) in [6, 6.07) is 8.34. The van der Waals surface area contributed by atoms with Crippen molar-refractivity contribution in [3.8, 4) is 0 Å². The Balaban J connectivity index is 2.43. The average molecular weight is 270 g/mol. The van der Waals surface area contributed by atoms with E-state index >= 15 is 0 Å². The van der Waals surface area contributed by atoms with Gasteiger partial charge in [-0.05, 0) is 31.4 Å². The van der Waals surface area contributed by atoms with Crippen molar-refractivity contribution >= 4 is 17.3 Å². The highest BCUT2D eigenvalue weighted by molar-refractivity contribution is 5.67. The predicted molar refractivity (Wildman–Crippen MR) is 84.9 cm³/mol. The molecule has 0 atom stereocenters. The van der Waals surface area contributed by atoms with Crippen molar-refractivity contribution in [3.05, 3.63) is 41.2 Å². The second kappa shape index (κ2) is 5.90. The van der Waals surface area contributed by atoms with Crippen LogP contribution in [0, 0.1) is 13.8 Å². The summed E-state index contributed by atoms with van der Waals surface area (Å²) in [5.41, 5.74) is 3.41. The van der Waals surface area contributed by atoms with Crippen LogP contribution in [0.5, 0.6) is 0 Å². The highest BCUT2D eigenvalue weighted by Gasteiger charge is 2.11. The molecule has 1 aromatic heterocycles. The van der Waals surface area contributed by atoms with Gasteiger partial charge in [0.2, 0.25) is 0 Å². The molecule has 0 radical (unpaired) electrons. The third kappa shape index (κ3) is 2.90. The average Bonchev–Trinajstić information content (AvgIpc) is 2.42. The number of anilines is 3. The van der Waals surface area contributed by atoms with Gasteiger partial charge in [0.1, 0.15) is 17.5 Å². The molecule has 0 amide bonds. The van der Waals surface area contributed by atoms with E-state index in [1.54, 1.807) is 0 Å². The molecule has 0 aliphatic rings. The van der Waals surface area contributed by atoms with Crippen LogP contribution < -0.4 is 10.6 Å². The Labute approximate surface area is 120 Å². The van der Waals surface area contributed by atoms with Crippen LogP contribution in [-0.4, -0.2) is 17.0 Å². The van der Waals surface area contributed by atoms with Crippen molar-refractivity contribution in [1.29, 1.82) is 0 Å². The SMILES string of the molecule is CNc1nc(C)nc(Nc2ccccc2C(C)C)c1C. The van der Waals surface area contributed by atoms with Gasteiger partial charge in [0.25, 0.3) is 0 Å². The van der Waals surface area contributed by atoms with Crippen LogP contribution in [0.15, 0.2) is 24.3 Å². The fraction of sp³-hybridized carbons (Fsp3) is 0.375. The summed E-state index contributed by atoms with van der Waals surface area (Å²) in [6.45, 7) is 8.31. The lowest BCUT2D eigenvalue weighted by atomic mass is 10.0. The molecule has 0 bridgehead atoms. The quantitative estimate of drug-likeness (QED) is 0.881. The van der Waals surface area contributed by atoms with Gasteiger partial charge in [0, 0.05) is 18.3 Å². The van der Waals surface area contributed by atoms with Crippen molar-refractivity contribution in [2.24, 2.45) is 0 Å². The first-order valence-electron chi connectivity index (χ1n) is 6.92. The summed E-state index contributed by atoms with van der Waals surface area (Å²) in [7, 11) is 1.88. The molecule has 2 N–H and O–H groups in total. The number of hydrogen-bond donors (Lipinski definition) is 2. The van der Waals surface area contributed by atoms with Gasteiger partial charge in [-0.2, -0.15) is 0 Å². The minimum absolute atomic E-state index is 0.464. The molecule has 2 rings (SSSR count). The third-order valence-electron chi connectivity index (χ3n) is 3.33. The Kier molecular flexibility index (Phi) is 4.23. The van der Waals surface area contributed by atoms with Crippen LogP contribution in [-0.2, 0) is 0 Å². The summed E-state index contributed by atoms with van der Waals surface area (Å²) >= 11 is 0. The Morgan fingerprint density at radius 1 is 1.00 bits per heavy atom. The molecule has 20 heavy (non-hydrogen) atoms. The van der Waals surface area contributed by atoms with Crippen molar-refractivity contribution in [3.63, 3.8) is 0 Å². The van der Waals surface area contributed by atoms with E-state index in [-0.39, 0.29) is 0 Å². The lowest BCUT2D eigenvalue weighted by molar-refractivity contribution is 0.868. The van der Waals surface area contributed by atoms with Gasteiger partial charge in [-0.1, -0.05) is 32.0 Å². The standard InChI is InChI=1S/C16H22N4/c1-10(2)13-8-6-7-9-14(13)20-16-11(3)15(17-5)18-12(4)19-16/h6-10H,1-5H3,(H2,17,18,19,20). The molecule has 0 spiro atoms. The van der Waals surface area contributed by atoms with Crippen molar-refractivity contribution in [2.45, 2.75) is 33.6 Å². The minimum Gasteiger partial charge on any atom is -0.373 e. The maximum atomic E-state index is 4.51. The van der Waals surface area contributed by atoms with Gasteiger partial charge in [-0.25, -0.2) is 9.97 Å². The van der Waals surface area contributed by atoms with Gasteiger partial charge in [-0.15, -0.1) is 0 Å². The van der Waals surface area contributed by atoms with Crippen molar-refractivity contribution < 1.29 is 0 Å². The van der Waals surface area contributed by atoms with Gasteiger partial charge in [0.15, 0.2) is 0 Å². The van der Waals surface area contributed by atoms with E-state index in [0.717, 1.165) is 28.7 Å². The lowest BCUT2D eigenvalue weighted by Gasteiger charge is -2.16. The largest absolute Gasteiger partial charge is 0.373 e. The van der Waals surface area contributed by atoms with Crippen LogP contribution in [0.2, 0.25) is 0 Å². The fourth-order valence-corrected chi connectivity index (χ4v) is 2.24. The number of rotatable bonds is 4. The molecule has 0 aliphatic carbocycles. The number of nitrogens with zero attached hydrogens (tertiary/aromatic N) is 2. The van der Waals surface area contributed by atoms with E-state index in [1.165, 1.54) is 5.56 Å². The first-order valence-corrected chi connectivity index (χ1v) is 6.92. The maximum Gasteiger partial charge on any atom is 0.139 e. The van der Waals surface area contributed by atoms with Crippen LogP contribution >= 0.6 is 0 Å². The molecule has 4 heteroatoms. The van der Waals surface area contributed by atoms with Gasteiger partial charge < -0.3 is 10.6 Å². The molecule has 1 aromatic carbocycles. The topological polar surface area (TPSA) is 49.8 Å². The van der Waals surface area contributed by atoms with Crippen LogP contribution in [0.25, 0.3) is 0 Å². The second-order valence-electron chi connectivity index (χ2n) is 5.21. The van der Waals surface area contributed by atoms with Crippen molar-refractivity contribution in [1.82, 2.24) is 9.97 Å². The Morgan fingerprint density at radius 3 is 2.30 bits per heavy atom. The molecule has 4 nitrogen and oxygen atoms in total. The monoisotopic (exact) mass is 270 g/mol. The summed E-state index contributed by atoms with van der Waals surface area (Å²) < 4.78 is 0. The summed E-state index contributed by atoms with van der Waals surface area (Å²) in [4.78, 5) is 8.90. The summed E-state index contributed by atoms with van der Waals surface area (Å²) in [5.74, 6) is 2.94. The normalized spacial score (nSPS) is 10.7. The van der Waals surface area contributed by atoms with E-state index < -0.39 is 0 Å². The van der Waals surface area contributed by atoms with Crippen LogP contribution in [0.4, 0.5) is 17.3 Å². The zero-order valence-electron chi connectivity index (χ0n) is 12.8. The molecule has 0 saturated carbocycles. The molecule has 0 fully saturated rings. The molecule has 106 valence electrons. The molecular formula is C16H22N4. The Bertz CT molecular complexity index is 605. The Hall–Kier alpha value is -2.10. The Morgan fingerprint density at radius 2 is 1.65 bits per heavy atom. The van der Waals surface area contributed by atoms with Crippen LogP contribution in [0.1, 0.15) is 36.7 Å². The predicted octanol–water partition coefficient (Wildman–Crippen LogP) is 4.00. The zero-order chi connectivity index (χ0) is 14.7. The van der Waals surface area contributed by atoms with E-state index in [9.17, 15) is 0 Å². The number of hydrogen-bond acceptors (Lipinski definition) is 4. The lowest BCUT2D eigenvalue weighted by Crippen LogP contribution is -2.06. The smallest absolute Gasteiger partial charge is 0.139 e. The van der Waals surface area contributed by atoms with E-state index in [4.69, 9.17) is 0 Å². The molecule has 2 aromatic rings. The number of para-hydroxylation sites is 1. The summed E-state index contributed by atoms with van der Waals surface area (Å²) in [5, 5.41) is 6.56. The van der Waals surface area contributed by atoms with Gasteiger partial charge in [-0.3, -0.25) is 0 Å². The maximum absolute atomic E-state index is 4.51. The number of benzene rings is 1. The molecule has 1 heterocycles. The van der Waals surface area contributed by atoms with Crippen molar-refractivity contribution in [2.75, 3.05) is 17.7 Å². The van der Waals surface area contributed by atoms with Gasteiger partial charge >= 0.3 is 0 Å².